The minimum Gasteiger partial charge on any atom is -0.350 e. The minimum atomic E-state index is -0.104. The minimum absolute atomic E-state index is 0.104. The van der Waals surface area contributed by atoms with E-state index in [0.29, 0.717) is 17.3 Å². The van der Waals surface area contributed by atoms with Crippen LogP contribution >= 0.6 is 11.6 Å². The fourth-order valence-electron chi connectivity index (χ4n) is 2.61. The molecule has 0 aliphatic carbocycles. The van der Waals surface area contributed by atoms with Crippen LogP contribution < -0.4 is 5.32 Å². The number of amides is 1. The topological polar surface area (TPSA) is 44.9 Å². The van der Waals surface area contributed by atoms with Crippen molar-refractivity contribution < 1.29 is 4.79 Å². The fourth-order valence-corrected chi connectivity index (χ4v) is 2.78. The highest BCUT2D eigenvalue weighted by atomic mass is 35.5. The maximum atomic E-state index is 12.4. The first-order chi connectivity index (χ1) is 10.6. The SMILES string of the molecule is Cc1ccccc1CNC(=O)c1[nH]c2cc(Cl)ccc2c1C. The van der Waals surface area contributed by atoms with Crippen molar-refractivity contribution in [3.05, 3.63) is 69.9 Å². The number of carbonyl (C=O) groups is 1. The van der Waals surface area contributed by atoms with Gasteiger partial charge in [0.2, 0.25) is 0 Å². The van der Waals surface area contributed by atoms with E-state index in [4.69, 9.17) is 11.6 Å². The maximum Gasteiger partial charge on any atom is 0.268 e. The van der Waals surface area contributed by atoms with Gasteiger partial charge in [0.15, 0.2) is 0 Å². The van der Waals surface area contributed by atoms with Gasteiger partial charge in [0.1, 0.15) is 5.69 Å². The summed E-state index contributed by atoms with van der Waals surface area (Å²) in [6.07, 6.45) is 0. The monoisotopic (exact) mass is 312 g/mol. The highest BCUT2D eigenvalue weighted by molar-refractivity contribution is 6.31. The molecule has 0 saturated carbocycles. The van der Waals surface area contributed by atoms with Crippen LogP contribution in [-0.4, -0.2) is 10.9 Å². The Morgan fingerprint density at radius 2 is 1.95 bits per heavy atom. The number of aryl methyl sites for hydroxylation is 2. The van der Waals surface area contributed by atoms with Crippen LogP contribution in [0.5, 0.6) is 0 Å². The Hall–Kier alpha value is -2.26. The molecule has 0 spiro atoms. The van der Waals surface area contributed by atoms with Gasteiger partial charge in [-0.2, -0.15) is 0 Å². The molecular formula is C18H17ClN2O. The molecule has 0 atom stereocenters. The van der Waals surface area contributed by atoms with Crippen LogP contribution in [-0.2, 0) is 6.54 Å². The molecule has 112 valence electrons. The number of aromatic nitrogens is 1. The number of benzene rings is 2. The van der Waals surface area contributed by atoms with Gasteiger partial charge in [-0.05, 0) is 42.7 Å². The molecule has 0 bridgehead atoms. The lowest BCUT2D eigenvalue weighted by atomic mass is 10.1. The molecule has 2 aromatic carbocycles. The Balaban J connectivity index is 1.83. The van der Waals surface area contributed by atoms with E-state index in [9.17, 15) is 4.79 Å². The molecule has 0 radical (unpaired) electrons. The first-order valence-corrected chi connectivity index (χ1v) is 7.54. The quantitative estimate of drug-likeness (QED) is 0.741. The zero-order valence-corrected chi connectivity index (χ0v) is 13.3. The molecule has 0 saturated heterocycles. The number of halogens is 1. The van der Waals surface area contributed by atoms with Crippen LogP contribution in [0.15, 0.2) is 42.5 Å². The molecular weight excluding hydrogens is 296 g/mol. The first-order valence-electron chi connectivity index (χ1n) is 7.17. The van der Waals surface area contributed by atoms with E-state index < -0.39 is 0 Å². The Bertz CT molecular complexity index is 851. The molecule has 0 aliphatic heterocycles. The van der Waals surface area contributed by atoms with Crippen LogP contribution in [0.4, 0.5) is 0 Å². The van der Waals surface area contributed by atoms with Crippen LogP contribution in [0.1, 0.15) is 27.2 Å². The van der Waals surface area contributed by atoms with Crippen molar-refractivity contribution in [1.29, 1.82) is 0 Å². The third kappa shape index (κ3) is 2.72. The van der Waals surface area contributed by atoms with Gasteiger partial charge in [-0.3, -0.25) is 4.79 Å². The number of hydrogen-bond acceptors (Lipinski definition) is 1. The van der Waals surface area contributed by atoms with Gasteiger partial charge in [0.25, 0.3) is 5.91 Å². The third-order valence-electron chi connectivity index (χ3n) is 3.95. The van der Waals surface area contributed by atoms with Crippen LogP contribution in [0.25, 0.3) is 10.9 Å². The lowest BCUT2D eigenvalue weighted by Crippen LogP contribution is -2.24. The standard InChI is InChI=1S/C18H17ClN2O/c1-11-5-3-4-6-13(11)10-20-18(22)17-12(2)15-8-7-14(19)9-16(15)21-17/h3-9,21H,10H2,1-2H3,(H,20,22). The molecule has 22 heavy (non-hydrogen) atoms. The van der Waals surface area contributed by atoms with E-state index in [1.165, 1.54) is 5.56 Å². The lowest BCUT2D eigenvalue weighted by Gasteiger charge is -2.07. The molecule has 0 unspecified atom stereocenters. The van der Waals surface area contributed by atoms with Crippen molar-refractivity contribution in [2.75, 3.05) is 0 Å². The van der Waals surface area contributed by atoms with E-state index in [2.05, 4.69) is 10.3 Å². The summed E-state index contributed by atoms with van der Waals surface area (Å²) in [4.78, 5) is 15.6. The van der Waals surface area contributed by atoms with Crippen molar-refractivity contribution in [2.24, 2.45) is 0 Å². The summed E-state index contributed by atoms with van der Waals surface area (Å²) in [7, 11) is 0. The number of H-pyrrole nitrogens is 1. The van der Waals surface area contributed by atoms with Crippen molar-refractivity contribution >= 4 is 28.4 Å². The van der Waals surface area contributed by atoms with Crippen LogP contribution in [0.3, 0.4) is 0 Å². The Kier molecular flexibility index (Phi) is 3.90. The Morgan fingerprint density at radius 3 is 2.73 bits per heavy atom. The van der Waals surface area contributed by atoms with E-state index in [1.807, 2.05) is 56.3 Å². The second-order valence-electron chi connectivity index (χ2n) is 5.42. The largest absolute Gasteiger partial charge is 0.350 e. The number of carbonyl (C=O) groups excluding carboxylic acids is 1. The summed E-state index contributed by atoms with van der Waals surface area (Å²) in [5, 5.41) is 4.64. The van der Waals surface area contributed by atoms with Crippen molar-refractivity contribution in [2.45, 2.75) is 20.4 Å². The van der Waals surface area contributed by atoms with Gasteiger partial charge >= 0.3 is 0 Å². The molecule has 0 aliphatic rings. The van der Waals surface area contributed by atoms with Gasteiger partial charge in [-0.1, -0.05) is 41.9 Å². The fraction of sp³-hybridized carbons (Fsp3) is 0.167. The van der Waals surface area contributed by atoms with Gasteiger partial charge in [0, 0.05) is 22.5 Å². The summed E-state index contributed by atoms with van der Waals surface area (Å²) in [6, 6.07) is 13.6. The zero-order valence-electron chi connectivity index (χ0n) is 12.5. The molecule has 0 fully saturated rings. The zero-order chi connectivity index (χ0) is 15.7. The number of aromatic amines is 1. The highest BCUT2D eigenvalue weighted by Crippen LogP contribution is 2.24. The molecule has 1 heterocycles. The van der Waals surface area contributed by atoms with Crippen LogP contribution in [0.2, 0.25) is 5.02 Å². The average molecular weight is 313 g/mol. The van der Waals surface area contributed by atoms with Crippen molar-refractivity contribution in [1.82, 2.24) is 10.3 Å². The van der Waals surface area contributed by atoms with Gasteiger partial charge in [0.05, 0.1) is 0 Å². The van der Waals surface area contributed by atoms with Gasteiger partial charge in [-0.25, -0.2) is 0 Å². The summed E-state index contributed by atoms with van der Waals surface area (Å²) < 4.78 is 0. The van der Waals surface area contributed by atoms with E-state index in [-0.39, 0.29) is 5.91 Å². The summed E-state index contributed by atoms with van der Waals surface area (Å²) in [6.45, 7) is 4.49. The summed E-state index contributed by atoms with van der Waals surface area (Å²) in [5.41, 5.74) is 4.70. The number of nitrogens with one attached hydrogen (secondary N) is 2. The first kappa shape index (κ1) is 14.7. The van der Waals surface area contributed by atoms with Gasteiger partial charge in [-0.15, -0.1) is 0 Å². The summed E-state index contributed by atoms with van der Waals surface area (Å²) in [5.74, 6) is -0.104. The molecule has 3 nitrogen and oxygen atoms in total. The number of hydrogen-bond donors (Lipinski definition) is 2. The maximum absolute atomic E-state index is 12.4. The predicted octanol–water partition coefficient (Wildman–Crippen LogP) is 4.37. The second-order valence-corrected chi connectivity index (χ2v) is 5.86. The molecule has 1 amide bonds. The lowest BCUT2D eigenvalue weighted by molar-refractivity contribution is 0.0946. The van der Waals surface area contributed by atoms with E-state index in [0.717, 1.165) is 22.0 Å². The van der Waals surface area contributed by atoms with E-state index >= 15 is 0 Å². The molecule has 2 N–H and O–H groups in total. The highest BCUT2D eigenvalue weighted by Gasteiger charge is 2.14. The van der Waals surface area contributed by atoms with Crippen molar-refractivity contribution in [3.63, 3.8) is 0 Å². The number of fused-ring (bicyclic) bond motifs is 1. The summed E-state index contributed by atoms with van der Waals surface area (Å²) >= 11 is 6.00. The smallest absolute Gasteiger partial charge is 0.268 e. The normalized spacial score (nSPS) is 10.9. The molecule has 1 aromatic heterocycles. The van der Waals surface area contributed by atoms with E-state index in [1.54, 1.807) is 0 Å². The predicted molar refractivity (Wildman–Crippen MR) is 90.4 cm³/mol. The second kappa shape index (κ2) is 5.85. The van der Waals surface area contributed by atoms with Crippen molar-refractivity contribution in [3.8, 4) is 0 Å². The molecule has 3 rings (SSSR count). The average Bonchev–Trinajstić information content (AvgIpc) is 2.82. The Labute approximate surface area is 134 Å². The molecule has 3 aromatic rings. The Morgan fingerprint density at radius 1 is 1.18 bits per heavy atom. The van der Waals surface area contributed by atoms with Crippen LogP contribution in [0, 0.1) is 13.8 Å². The third-order valence-corrected chi connectivity index (χ3v) is 4.18. The number of rotatable bonds is 3. The molecule has 4 heteroatoms. The van der Waals surface area contributed by atoms with Gasteiger partial charge < -0.3 is 10.3 Å².